The number of nitrogens with zero attached hydrogens (tertiary/aromatic N) is 1. The molecular formula is C20H23NO4S2. The lowest BCUT2D eigenvalue weighted by atomic mass is 10.1. The Morgan fingerprint density at radius 1 is 0.852 bits per heavy atom. The summed E-state index contributed by atoms with van der Waals surface area (Å²) in [4.78, 5) is 5.93. The molecule has 0 N–H and O–H groups in total. The molecule has 1 heterocycles. The summed E-state index contributed by atoms with van der Waals surface area (Å²) in [7, 11) is -3.68. The Bertz CT molecular complexity index is 854. The van der Waals surface area contributed by atoms with Gasteiger partial charge in [0.2, 0.25) is 0 Å². The van der Waals surface area contributed by atoms with Crippen LogP contribution in [0.2, 0.25) is 0 Å². The molecule has 0 fully saturated rings. The van der Waals surface area contributed by atoms with Crippen LogP contribution in [0.15, 0.2) is 60.7 Å². The summed E-state index contributed by atoms with van der Waals surface area (Å²) in [6, 6.07) is 20.8. The minimum Gasteiger partial charge on any atom is -0.248 e. The molecule has 0 unspecified atom stereocenters. The Morgan fingerprint density at radius 2 is 1.33 bits per heavy atom. The maximum atomic E-state index is 10.4. The Kier molecular flexibility index (Phi) is 8.12. The van der Waals surface area contributed by atoms with Crippen molar-refractivity contribution in [1.82, 2.24) is 4.98 Å². The summed E-state index contributed by atoms with van der Waals surface area (Å²) >= 11 is 1.75. The van der Waals surface area contributed by atoms with Gasteiger partial charge in [-0.2, -0.15) is 8.42 Å². The molecule has 0 saturated carbocycles. The highest BCUT2D eigenvalue weighted by molar-refractivity contribution is 7.81. The van der Waals surface area contributed by atoms with Crippen molar-refractivity contribution >= 4 is 21.7 Å². The minimum atomic E-state index is -3.68. The molecule has 27 heavy (non-hydrogen) atoms. The fraction of sp³-hybridized carbons (Fsp3) is 0.250. The van der Waals surface area contributed by atoms with Gasteiger partial charge in [0.1, 0.15) is 0 Å². The lowest BCUT2D eigenvalue weighted by Gasteiger charge is -2.02. The number of hydrogen-bond donors (Lipinski definition) is 0. The molecule has 2 aromatic carbocycles. The van der Waals surface area contributed by atoms with Gasteiger partial charge in [0, 0.05) is 5.56 Å². The smallest absolute Gasteiger partial charge is 0.248 e. The molecule has 7 heteroatoms. The summed E-state index contributed by atoms with van der Waals surface area (Å²) in [5, 5.41) is 1.10. The predicted octanol–water partition coefficient (Wildman–Crippen LogP) is 5.09. The standard InChI is InChI=1S/C16H13NS.C4H10O4S/c1-12-17-15(13-8-4-2-5-9-13)16(18-12)14-10-6-3-7-11-14;1-3-7-9(5,6)8-4-2/h2-11H,1H3;3-4H2,1-2H3. The Hall–Kier alpha value is -2.06. The van der Waals surface area contributed by atoms with E-state index in [2.05, 4.69) is 68.8 Å². The average Bonchev–Trinajstić information content (AvgIpc) is 3.05. The van der Waals surface area contributed by atoms with Gasteiger partial charge in [-0.25, -0.2) is 13.4 Å². The van der Waals surface area contributed by atoms with Crippen LogP contribution in [0.4, 0.5) is 0 Å². The van der Waals surface area contributed by atoms with Gasteiger partial charge >= 0.3 is 10.4 Å². The summed E-state index contributed by atoms with van der Waals surface area (Å²) in [6.45, 7) is 5.45. The van der Waals surface area contributed by atoms with E-state index >= 15 is 0 Å². The van der Waals surface area contributed by atoms with Crippen molar-refractivity contribution in [3.05, 3.63) is 65.7 Å². The molecular weight excluding hydrogens is 382 g/mol. The molecule has 0 saturated heterocycles. The molecule has 1 aromatic heterocycles. The minimum absolute atomic E-state index is 0.113. The molecule has 5 nitrogen and oxygen atoms in total. The van der Waals surface area contributed by atoms with Crippen LogP contribution in [0.1, 0.15) is 18.9 Å². The molecule has 0 bridgehead atoms. The maximum Gasteiger partial charge on any atom is 0.399 e. The van der Waals surface area contributed by atoms with E-state index in [0.29, 0.717) is 0 Å². The fourth-order valence-corrected chi connectivity index (χ4v) is 3.92. The maximum absolute atomic E-state index is 10.4. The molecule has 3 aromatic rings. The van der Waals surface area contributed by atoms with Gasteiger partial charge in [0.05, 0.1) is 28.8 Å². The van der Waals surface area contributed by atoms with Crippen molar-refractivity contribution in [2.24, 2.45) is 0 Å². The first kappa shape index (κ1) is 21.2. The van der Waals surface area contributed by atoms with Crippen LogP contribution in [-0.4, -0.2) is 26.6 Å². The van der Waals surface area contributed by atoms with Crippen molar-refractivity contribution in [3.8, 4) is 21.7 Å². The Morgan fingerprint density at radius 3 is 1.81 bits per heavy atom. The monoisotopic (exact) mass is 405 g/mol. The van der Waals surface area contributed by atoms with Crippen LogP contribution in [0.3, 0.4) is 0 Å². The molecule has 3 rings (SSSR count). The van der Waals surface area contributed by atoms with Crippen molar-refractivity contribution < 1.29 is 16.8 Å². The fourth-order valence-electron chi connectivity index (χ4n) is 2.33. The normalized spacial score (nSPS) is 10.9. The SMILES string of the molecule is CCOS(=O)(=O)OCC.Cc1nc(-c2ccccc2)c(-c2ccccc2)s1. The highest BCUT2D eigenvalue weighted by atomic mass is 32.3. The number of benzene rings is 2. The van der Waals surface area contributed by atoms with E-state index in [4.69, 9.17) is 0 Å². The number of thiazole rings is 1. The molecule has 0 atom stereocenters. The second-order valence-corrected chi connectivity index (χ2v) is 7.86. The third-order valence-electron chi connectivity index (χ3n) is 3.34. The number of aromatic nitrogens is 1. The zero-order valence-electron chi connectivity index (χ0n) is 15.6. The zero-order chi connectivity index (χ0) is 19.7. The lowest BCUT2D eigenvalue weighted by Crippen LogP contribution is -2.09. The number of hydrogen-bond acceptors (Lipinski definition) is 6. The molecule has 0 aliphatic rings. The molecule has 0 amide bonds. The molecule has 0 spiro atoms. The van der Waals surface area contributed by atoms with Crippen LogP contribution >= 0.6 is 11.3 Å². The highest BCUT2D eigenvalue weighted by Gasteiger charge is 2.12. The van der Waals surface area contributed by atoms with Crippen LogP contribution in [0.25, 0.3) is 21.7 Å². The second-order valence-electron chi connectivity index (χ2n) is 5.36. The Balaban J connectivity index is 0.000000249. The van der Waals surface area contributed by atoms with Gasteiger partial charge in [-0.3, -0.25) is 0 Å². The summed E-state index contributed by atoms with van der Waals surface area (Å²) in [5.74, 6) is 0. The number of rotatable bonds is 6. The van der Waals surface area contributed by atoms with Gasteiger partial charge in [0.25, 0.3) is 0 Å². The quantitative estimate of drug-likeness (QED) is 0.571. The Labute approximate surface area is 165 Å². The van der Waals surface area contributed by atoms with Gasteiger partial charge in [-0.15, -0.1) is 11.3 Å². The molecule has 0 aliphatic heterocycles. The van der Waals surface area contributed by atoms with E-state index in [-0.39, 0.29) is 13.2 Å². The zero-order valence-corrected chi connectivity index (χ0v) is 17.2. The first-order valence-electron chi connectivity index (χ1n) is 8.59. The second kappa shape index (κ2) is 10.3. The molecule has 144 valence electrons. The third-order valence-corrected chi connectivity index (χ3v) is 5.41. The van der Waals surface area contributed by atoms with Crippen LogP contribution in [0, 0.1) is 6.92 Å². The van der Waals surface area contributed by atoms with Crippen LogP contribution in [0.5, 0.6) is 0 Å². The van der Waals surface area contributed by atoms with E-state index in [0.717, 1.165) is 10.7 Å². The lowest BCUT2D eigenvalue weighted by molar-refractivity contribution is 0.231. The first-order chi connectivity index (χ1) is 13.0. The van der Waals surface area contributed by atoms with Crippen molar-refractivity contribution in [1.29, 1.82) is 0 Å². The van der Waals surface area contributed by atoms with E-state index < -0.39 is 10.4 Å². The summed E-state index contributed by atoms with van der Waals surface area (Å²) in [6.07, 6.45) is 0. The largest absolute Gasteiger partial charge is 0.399 e. The van der Waals surface area contributed by atoms with Gasteiger partial charge in [-0.05, 0) is 26.3 Å². The van der Waals surface area contributed by atoms with E-state index in [1.54, 1.807) is 25.2 Å². The van der Waals surface area contributed by atoms with Crippen LogP contribution < -0.4 is 0 Å². The van der Waals surface area contributed by atoms with E-state index in [9.17, 15) is 8.42 Å². The molecule has 0 radical (unpaired) electrons. The summed E-state index contributed by atoms with van der Waals surface area (Å²) in [5.41, 5.74) is 3.51. The third kappa shape index (κ3) is 6.55. The van der Waals surface area contributed by atoms with Gasteiger partial charge in [-0.1, -0.05) is 60.7 Å². The van der Waals surface area contributed by atoms with Gasteiger partial charge < -0.3 is 0 Å². The molecule has 0 aliphatic carbocycles. The summed E-state index contributed by atoms with van der Waals surface area (Å²) < 4.78 is 29.2. The number of aryl methyl sites for hydroxylation is 1. The van der Waals surface area contributed by atoms with E-state index in [1.165, 1.54) is 16.0 Å². The van der Waals surface area contributed by atoms with Gasteiger partial charge in [0.15, 0.2) is 0 Å². The highest BCUT2D eigenvalue weighted by Crippen LogP contribution is 2.36. The average molecular weight is 406 g/mol. The van der Waals surface area contributed by atoms with Crippen molar-refractivity contribution in [2.75, 3.05) is 13.2 Å². The first-order valence-corrected chi connectivity index (χ1v) is 10.7. The van der Waals surface area contributed by atoms with Crippen molar-refractivity contribution in [2.45, 2.75) is 20.8 Å². The van der Waals surface area contributed by atoms with Crippen LogP contribution in [-0.2, 0) is 18.8 Å². The van der Waals surface area contributed by atoms with E-state index in [1.807, 2.05) is 12.1 Å². The van der Waals surface area contributed by atoms with Crippen molar-refractivity contribution in [3.63, 3.8) is 0 Å². The topological polar surface area (TPSA) is 65.5 Å². The predicted molar refractivity (Wildman–Crippen MR) is 110 cm³/mol.